The van der Waals surface area contributed by atoms with Crippen molar-refractivity contribution in [2.24, 2.45) is 5.41 Å². The normalized spacial score (nSPS) is 25.4. The molecule has 1 unspecified atom stereocenters. The molecule has 3 heteroatoms. The second-order valence-electron chi connectivity index (χ2n) is 4.13. The van der Waals surface area contributed by atoms with Crippen LogP contribution in [0.15, 0.2) is 24.5 Å². The summed E-state index contributed by atoms with van der Waals surface area (Å²) in [7, 11) is 0. The Kier molecular flexibility index (Phi) is 2.82. The zero-order valence-corrected chi connectivity index (χ0v) is 8.99. The Balaban J connectivity index is 2.27. The number of hydrogen-bond donors (Lipinski definition) is 1. The van der Waals surface area contributed by atoms with Gasteiger partial charge in [-0.25, -0.2) is 0 Å². The highest BCUT2D eigenvalue weighted by molar-refractivity contribution is 6.00. The van der Waals surface area contributed by atoms with Gasteiger partial charge >= 0.3 is 0 Å². The topological polar surface area (TPSA) is 42.0 Å². The molecule has 1 aromatic heterocycles. The summed E-state index contributed by atoms with van der Waals surface area (Å²) in [6, 6.07) is 3.67. The van der Waals surface area contributed by atoms with Crippen LogP contribution in [0.25, 0.3) is 0 Å². The summed E-state index contributed by atoms with van der Waals surface area (Å²) in [4.78, 5) is 16.3. The van der Waals surface area contributed by atoms with Crippen molar-refractivity contribution in [1.82, 2.24) is 10.3 Å². The smallest absolute Gasteiger partial charge is 0.171 e. The van der Waals surface area contributed by atoms with Gasteiger partial charge in [0.25, 0.3) is 0 Å². The quantitative estimate of drug-likeness (QED) is 0.761. The second-order valence-corrected chi connectivity index (χ2v) is 4.13. The highest BCUT2D eigenvalue weighted by atomic mass is 16.1. The van der Waals surface area contributed by atoms with Crippen molar-refractivity contribution in [2.75, 3.05) is 13.1 Å². The lowest BCUT2D eigenvalue weighted by atomic mass is 9.78. The Bertz CT molecular complexity index is 342. The molecule has 15 heavy (non-hydrogen) atoms. The Morgan fingerprint density at radius 3 is 3.07 bits per heavy atom. The van der Waals surface area contributed by atoms with Crippen molar-refractivity contribution >= 4 is 5.78 Å². The predicted molar refractivity (Wildman–Crippen MR) is 58.8 cm³/mol. The number of nitrogens with zero attached hydrogens (tertiary/aromatic N) is 1. The lowest BCUT2D eigenvalue weighted by molar-refractivity contribution is 0.0810. The van der Waals surface area contributed by atoms with E-state index in [-0.39, 0.29) is 11.2 Å². The summed E-state index contributed by atoms with van der Waals surface area (Å²) in [5.74, 6) is 0.239. The number of carbonyl (C=O) groups excluding carboxylic acids is 1. The molecule has 1 atom stereocenters. The molecule has 80 valence electrons. The number of nitrogens with one attached hydrogen (secondary N) is 1. The van der Waals surface area contributed by atoms with Crippen LogP contribution in [-0.2, 0) is 0 Å². The second kappa shape index (κ2) is 4.11. The van der Waals surface area contributed by atoms with Crippen molar-refractivity contribution in [1.29, 1.82) is 0 Å². The van der Waals surface area contributed by atoms with Gasteiger partial charge in [0.05, 0.1) is 0 Å². The van der Waals surface area contributed by atoms with Crippen molar-refractivity contribution < 1.29 is 4.79 Å². The number of ketones is 1. The van der Waals surface area contributed by atoms with Gasteiger partial charge in [-0.3, -0.25) is 9.78 Å². The maximum Gasteiger partial charge on any atom is 0.171 e. The average molecular weight is 204 g/mol. The van der Waals surface area contributed by atoms with E-state index in [2.05, 4.69) is 17.2 Å². The van der Waals surface area contributed by atoms with Crippen LogP contribution in [0.4, 0.5) is 0 Å². The van der Waals surface area contributed by atoms with Crippen LogP contribution in [0.1, 0.15) is 30.1 Å². The number of Topliss-reactive ketones (excluding diaryl/α,β-unsaturated/α-hetero) is 1. The first-order valence-electron chi connectivity index (χ1n) is 5.44. The van der Waals surface area contributed by atoms with E-state index in [9.17, 15) is 4.79 Å². The van der Waals surface area contributed by atoms with Gasteiger partial charge in [-0.1, -0.05) is 6.92 Å². The van der Waals surface area contributed by atoms with E-state index in [4.69, 9.17) is 0 Å². The highest BCUT2D eigenvalue weighted by Gasteiger charge is 2.39. The minimum absolute atomic E-state index is 0.191. The number of hydrogen-bond acceptors (Lipinski definition) is 3. The van der Waals surface area contributed by atoms with Crippen LogP contribution in [0.5, 0.6) is 0 Å². The molecule has 0 saturated carbocycles. The first-order chi connectivity index (χ1) is 7.28. The maximum absolute atomic E-state index is 12.3. The fourth-order valence-electron chi connectivity index (χ4n) is 2.20. The average Bonchev–Trinajstić information content (AvgIpc) is 2.79. The van der Waals surface area contributed by atoms with Crippen LogP contribution in [0.3, 0.4) is 0 Å². The van der Waals surface area contributed by atoms with Gasteiger partial charge in [-0.15, -0.1) is 0 Å². The predicted octanol–water partition coefficient (Wildman–Crippen LogP) is 1.65. The van der Waals surface area contributed by atoms with Gasteiger partial charge in [0.1, 0.15) is 0 Å². The van der Waals surface area contributed by atoms with Crippen LogP contribution >= 0.6 is 0 Å². The molecular weight excluding hydrogens is 188 g/mol. The number of rotatable bonds is 3. The van der Waals surface area contributed by atoms with E-state index in [1.165, 1.54) is 0 Å². The maximum atomic E-state index is 12.3. The number of carbonyl (C=O) groups is 1. The van der Waals surface area contributed by atoms with Crippen molar-refractivity contribution in [3.05, 3.63) is 30.1 Å². The molecule has 0 aromatic carbocycles. The van der Waals surface area contributed by atoms with E-state index in [1.807, 2.05) is 12.1 Å². The minimum atomic E-state index is -0.191. The standard InChI is InChI=1S/C12H16N2O/c1-2-12(5-7-14-9-12)11(15)10-4-3-6-13-8-10/h3-4,6,8,14H,2,5,7,9H2,1H3. The van der Waals surface area contributed by atoms with Crippen molar-refractivity contribution in [2.45, 2.75) is 19.8 Å². The molecule has 2 rings (SSSR count). The summed E-state index contributed by atoms with van der Waals surface area (Å²) in [5, 5.41) is 3.27. The molecule has 0 spiro atoms. The molecule has 3 nitrogen and oxygen atoms in total. The lowest BCUT2D eigenvalue weighted by Gasteiger charge is -2.24. The molecule has 1 aliphatic rings. The highest BCUT2D eigenvalue weighted by Crippen LogP contribution is 2.33. The van der Waals surface area contributed by atoms with E-state index >= 15 is 0 Å². The third kappa shape index (κ3) is 1.79. The molecule has 1 saturated heterocycles. The summed E-state index contributed by atoms with van der Waals surface area (Å²) < 4.78 is 0. The van der Waals surface area contributed by atoms with E-state index < -0.39 is 0 Å². The molecule has 1 fully saturated rings. The van der Waals surface area contributed by atoms with E-state index in [1.54, 1.807) is 12.4 Å². The van der Waals surface area contributed by atoms with Crippen LogP contribution in [-0.4, -0.2) is 23.9 Å². The van der Waals surface area contributed by atoms with Gasteiger partial charge in [-0.2, -0.15) is 0 Å². The lowest BCUT2D eigenvalue weighted by Crippen LogP contribution is -2.32. The first kappa shape index (κ1) is 10.3. The summed E-state index contributed by atoms with van der Waals surface area (Å²) >= 11 is 0. The van der Waals surface area contributed by atoms with Gasteiger partial charge < -0.3 is 5.32 Å². The third-order valence-electron chi connectivity index (χ3n) is 3.33. The fourth-order valence-corrected chi connectivity index (χ4v) is 2.20. The third-order valence-corrected chi connectivity index (χ3v) is 3.33. The van der Waals surface area contributed by atoms with Crippen LogP contribution in [0, 0.1) is 5.41 Å². The summed E-state index contributed by atoms with van der Waals surface area (Å²) in [6.45, 7) is 3.83. The zero-order valence-electron chi connectivity index (χ0n) is 8.99. The molecule has 1 aliphatic heterocycles. The Hall–Kier alpha value is -1.22. The SMILES string of the molecule is CCC1(C(=O)c2cccnc2)CCNC1. The fraction of sp³-hybridized carbons (Fsp3) is 0.500. The zero-order chi connectivity index (χ0) is 10.7. The molecule has 0 radical (unpaired) electrons. The first-order valence-corrected chi connectivity index (χ1v) is 5.44. The molecule has 1 N–H and O–H groups in total. The summed E-state index contributed by atoms with van der Waals surface area (Å²) in [6.07, 6.45) is 5.20. The molecular formula is C12H16N2O. The minimum Gasteiger partial charge on any atom is -0.316 e. The molecule has 2 heterocycles. The Labute approximate surface area is 89.9 Å². The van der Waals surface area contributed by atoms with Crippen LogP contribution < -0.4 is 5.32 Å². The van der Waals surface area contributed by atoms with E-state index in [0.29, 0.717) is 0 Å². The molecule has 0 amide bonds. The largest absolute Gasteiger partial charge is 0.316 e. The van der Waals surface area contributed by atoms with Gasteiger partial charge in [0, 0.05) is 29.9 Å². The Morgan fingerprint density at radius 2 is 2.53 bits per heavy atom. The van der Waals surface area contributed by atoms with Crippen molar-refractivity contribution in [3.8, 4) is 0 Å². The monoisotopic (exact) mass is 204 g/mol. The van der Waals surface area contributed by atoms with Gasteiger partial charge in [-0.05, 0) is 31.5 Å². The molecule has 0 aliphatic carbocycles. The molecule has 0 bridgehead atoms. The summed E-state index contributed by atoms with van der Waals surface area (Å²) in [5.41, 5.74) is 0.548. The Morgan fingerprint density at radius 1 is 1.67 bits per heavy atom. The van der Waals surface area contributed by atoms with Crippen molar-refractivity contribution in [3.63, 3.8) is 0 Å². The van der Waals surface area contributed by atoms with E-state index in [0.717, 1.165) is 31.5 Å². The number of pyridine rings is 1. The van der Waals surface area contributed by atoms with Gasteiger partial charge in [0.2, 0.25) is 0 Å². The van der Waals surface area contributed by atoms with Crippen LogP contribution in [0.2, 0.25) is 0 Å². The molecule has 1 aromatic rings. The van der Waals surface area contributed by atoms with Gasteiger partial charge in [0.15, 0.2) is 5.78 Å². The number of aromatic nitrogens is 1.